The maximum atomic E-state index is 10.5. The molecule has 0 amide bonds. The van der Waals surface area contributed by atoms with Crippen molar-refractivity contribution in [3.05, 3.63) is 34.9 Å². The molecule has 2 N–H and O–H groups in total. The van der Waals surface area contributed by atoms with E-state index < -0.39 is 5.97 Å². The molecule has 0 fully saturated rings. The first-order valence-corrected chi connectivity index (χ1v) is 6.70. The van der Waals surface area contributed by atoms with E-state index in [1.807, 2.05) is 18.4 Å². The molecule has 19 heavy (non-hydrogen) atoms. The highest BCUT2D eigenvalue weighted by atomic mass is 32.1. The molecule has 2 aromatic rings. The molecule has 2 rings (SSSR count). The Kier molecular flexibility index (Phi) is 4.40. The van der Waals surface area contributed by atoms with Gasteiger partial charge in [-0.05, 0) is 13.0 Å². The summed E-state index contributed by atoms with van der Waals surface area (Å²) >= 11 is 1.47. The van der Waals surface area contributed by atoms with Crippen LogP contribution in [-0.4, -0.2) is 26.0 Å². The third-order valence-corrected chi connectivity index (χ3v) is 3.25. The Morgan fingerprint density at radius 3 is 3.00 bits per heavy atom. The second kappa shape index (κ2) is 6.24. The summed E-state index contributed by atoms with van der Waals surface area (Å²) in [5.41, 5.74) is 1.70. The average molecular weight is 278 g/mol. The Hall–Kier alpha value is -2.02. The summed E-state index contributed by atoms with van der Waals surface area (Å²) in [6.45, 7) is 2.42. The minimum atomic E-state index is -0.807. The fourth-order valence-corrected chi connectivity index (χ4v) is 2.25. The maximum Gasteiger partial charge on any atom is 0.303 e. The molecule has 0 bridgehead atoms. The fraction of sp³-hybridized carbons (Fsp3) is 0.333. The first-order chi connectivity index (χ1) is 9.13. The molecule has 0 spiro atoms. The van der Waals surface area contributed by atoms with E-state index in [-0.39, 0.29) is 6.42 Å². The minimum Gasteiger partial charge on any atom is -0.481 e. The third-order valence-electron chi connectivity index (χ3n) is 2.40. The molecule has 0 aliphatic rings. The number of anilines is 1. The zero-order valence-electron chi connectivity index (χ0n) is 10.5. The van der Waals surface area contributed by atoms with Gasteiger partial charge in [-0.3, -0.25) is 4.79 Å². The molecule has 2 aromatic heterocycles. The van der Waals surface area contributed by atoms with Crippen LogP contribution in [0.4, 0.5) is 5.13 Å². The molecule has 0 saturated heterocycles. The number of rotatable bonds is 6. The molecule has 0 saturated carbocycles. The van der Waals surface area contributed by atoms with Crippen molar-refractivity contribution in [2.45, 2.75) is 26.3 Å². The second-order valence-corrected chi connectivity index (χ2v) is 4.84. The largest absolute Gasteiger partial charge is 0.481 e. The third kappa shape index (κ3) is 4.29. The first-order valence-electron chi connectivity index (χ1n) is 5.82. The summed E-state index contributed by atoms with van der Waals surface area (Å²) in [5, 5.41) is 14.4. The fourth-order valence-electron chi connectivity index (χ4n) is 1.51. The van der Waals surface area contributed by atoms with Crippen molar-refractivity contribution in [1.29, 1.82) is 0 Å². The molecule has 100 valence electrons. The predicted molar refractivity (Wildman–Crippen MR) is 72.2 cm³/mol. The number of aromatic nitrogens is 3. The summed E-state index contributed by atoms with van der Waals surface area (Å²) in [7, 11) is 0. The lowest BCUT2D eigenvalue weighted by Gasteiger charge is -2.02. The maximum absolute atomic E-state index is 10.5. The molecule has 6 nitrogen and oxygen atoms in total. The zero-order valence-corrected chi connectivity index (χ0v) is 11.3. The van der Waals surface area contributed by atoms with Crippen LogP contribution in [0.5, 0.6) is 0 Å². The van der Waals surface area contributed by atoms with Crippen LogP contribution in [0.25, 0.3) is 0 Å². The number of carboxylic acids is 1. The SMILES string of the molecule is Cc1nccc(CNc2nc(CCC(=O)O)cs2)n1. The van der Waals surface area contributed by atoms with Crippen LogP contribution in [0.2, 0.25) is 0 Å². The number of nitrogens with one attached hydrogen (secondary N) is 1. The van der Waals surface area contributed by atoms with Gasteiger partial charge in [0.15, 0.2) is 5.13 Å². The summed E-state index contributed by atoms with van der Waals surface area (Å²) in [6.07, 6.45) is 2.29. The molecule has 0 aliphatic carbocycles. The first kappa shape index (κ1) is 13.4. The van der Waals surface area contributed by atoms with Crippen LogP contribution in [0.1, 0.15) is 23.6 Å². The van der Waals surface area contributed by atoms with E-state index in [0.29, 0.717) is 13.0 Å². The number of thiazole rings is 1. The molecule has 0 aromatic carbocycles. The molecule has 2 heterocycles. The van der Waals surface area contributed by atoms with E-state index in [0.717, 1.165) is 22.3 Å². The number of carbonyl (C=O) groups is 1. The van der Waals surface area contributed by atoms with E-state index in [9.17, 15) is 4.79 Å². The van der Waals surface area contributed by atoms with Crippen molar-refractivity contribution in [3.8, 4) is 0 Å². The van der Waals surface area contributed by atoms with Crippen LogP contribution >= 0.6 is 11.3 Å². The Balaban J connectivity index is 1.88. The number of carboxylic acid groups (broad SMARTS) is 1. The van der Waals surface area contributed by atoms with Crippen molar-refractivity contribution >= 4 is 22.4 Å². The monoisotopic (exact) mass is 278 g/mol. The van der Waals surface area contributed by atoms with E-state index in [2.05, 4.69) is 20.3 Å². The average Bonchev–Trinajstić information content (AvgIpc) is 2.82. The molecular weight excluding hydrogens is 264 g/mol. The second-order valence-electron chi connectivity index (χ2n) is 3.99. The predicted octanol–water partition coefficient (Wildman–Crippen LogP) is 1.87. The Morgan fingerprint density at radius 1 is 1.42 bits per heavy atom. The van der Waals surface area contributed by atoms with Gasteiger partial charge in [-0.1, -0.05) is 0 Å². The van der Waals surface area contributed by atoms with Crippen molar-refractivity contribution in [3.63, 3.8) is 0 Å². The highest BCUT2D eigenvalue weighted by Gasteiger charge is 2.05. The van der Waals surface area contributed by atoms with Crippen LogP contribution < -0.4 is 5.32 Å². The van der Waals surface area contributed by atoms with E-state index in [1.54, 1.807) is 6.20 Å². The lowest BCUT2D eigenvalue weighted by molar-refractivity contribution is -0.136. The smallest absolute Gasteiger partial charge is 0.303 e. The van der Waals surface area contributed by atoms with Crippen LogP contribution in [0, 0.1) is 6.92 Å². The number of hydrogen-bond acceptors (Lipinski definition) is 6. The molecule has 0 unspecified atom stereocenters. The minimum absolute atomic E-state index is 0.105. The Labute approximate surface area is 114 Å². The number of aryl methyl sites for hydroxylation is 2. The van der Waals surface area contributed by atoms with Crippen molar-refractivity contribution in [2.24, 2.45) is 0 Å². The van der Waals surface area contributed by atoms with Crippen molar-refractivity contribution in [1.82, 2.24) is 15.0 Å². The van der Waals surface area contributed by atoms with Gasteiger partial charge in [0, 0.05) is 18.0 Å². The van der Waals surface area contributed by atoms with Gasteiger partial charge in [0.1, 0.15) is 5.82 Å². The van der Waals surface area contributed by atoms with Crippen molar-refractivity contribution in [2.75, 3.05) is 5.32 Å². The summed E-state index contributed by atoms with van der Waals surface area (Å²) in [6, 6.07) is 1.85. The standard InChI is InChI=1S/C12H14N4O2S/c1-8-13-5-4-9(15-8)6-14-12-16-10(7-19-12)2-3-11(17)18/h4-5,7H,2-3,6H2,1H3,(H,14,16)(H,17,18). The van der Waals surface area contributed by atoms with Gasteiger partial charge < -0.3 is 10.4 Å². The molecule has 0 atom stereocenters. The lowest BCUT2D eigenvalue weighted by atomic mass is 10.2. The molecular formula is C12H14N4O2S. The van der Waals surface area contributed by atoms with Crippen molar-refractivity contribution < 1.29 is 9.90 Å². The Bertz CT molecular complexity index is 570. The van der Waals surface area contributed by atoms with Gasteiger partial charge >= 0.3 is 5.97 Å². The molecule has 0 aliphatic heterocycles. The highest BCUT2D eigenvalue weighted by molar-refractivity contribution is 7.13. The van der Waals surface area contributed by atoms with Crippen LogP contribution in [0.3, 0.4) is 0 Å². The van der Waals surface area contributed by atoms with Crippen LogP contribution in [0.15, 0.2) is 17.6 Å². The molecule has 0 radical (unpaired) electrons. The number of hydrogen-bond donors (Lipinski definition) is 2. The van der Waals surface area contributed by atoms with E-state index in [1.165, 1.54) is 11.3 Å². The number of nitrogens with zero attached hydrogens (tertiary/aromatic N) is 3. The van der Waals surface area contributed by atoms with Crippen LogP contribution in [-0.2, 0) is 17.8 Å². The Morgan fingerprint density at radius 2 is 2.26 bits per heavy atom. The lowest BCUT2D eigenvalue weighted by Crippen LogP contribution is -2.03. The van der Waals surface area contributed by atoms with Gasteiger partial charge in [0.2, 0.25) is 0 Å². The summed E-state index contributed by atoms with van der Waals surface area (Å²) < 4.78 is 0. The van der Waals surface area contributed by atoms with Gasteiger partial charge in [-0.2, -0.15) is 0 Å². The van der Waals surface area contributed by atoms with Gasteiger partial charge in [-0.15, -0.1) is 11.3 Å². The van der Waals surface area contributed by atoms with Gasteiger partial charge in [-0.25, -0.2) is 15.0 Å². The molecule has 7 heteroatoms. The normalized spacial score (nSPS) is 10.4. The quantitative estimate of drug-likeness (QED) is 0.838. The zero-order chi connectivity index (χ0) is 13.7. The van der Waals surface area contributed by atoms with Gasteiger partial charge in [0.25, 0.3) is 0 Å². The summed E-state index contributed by atoms with van der Waals surface area (Å²) in [4.78, 5) is 23.1. The number of aliphatic carboxylic acids is 1. The topological polar surface area (TPSA) is 88.0 Å². The summed E-state index contributed by atoms with van der Waals surface area (Å²) in [5.74, 6) is -0.0699. The van der Waals surface area contributed by atoms with E-state index >= 15 is 0 Å². The van der Waals surface area contributed by atoms with Gasteiger partial charge in [0.05, 0.1) is 24.4 Å². The highest BCUT2D eigenvalue weighted by Crippen LogP contribution is 2.17. The van der Waals surface area contributed by atoms with E-state index in [4.69, 9.17) is 5.11 Å².